The van der Waals surface area contributed by atoms with Crippen molar-refractivity contribution in [2.45, 2.75) is 6.10 Å². The molecule has 4 nitrogen and oxygen atoms in total. The van der Waals surface area contributed by atoms with Crippen molar-refractivity contribution >= 4 is 11.7 Å². The number of ether oxygens (including phenoxy) is 2. The average molecular weight is 195 g/mol. The number of benzene rings is 1. The molecule has 1 rings (SSSR count). The standard InChI is InChI=1S/C10H13NO3/c1-13-9(10(12)14-2)7-3-5-8(11)6-4-7/h3-6,9H,11H2,1-2H3. The van der Waals surface area contributed by atoms with Crippen LogP contribution in [0.1, 0.15) is 11.7 Å². The van der Waals surface area contributed by atoms with E-state index in [4.69, 9.17) is 10.5 Å². The molecule has 0 heterocycles. The molecule has 0 fully saturated rings. The molecule has 0 aliphatic rings. The summed E-state index contributed by atoms with van der Waals surface area (Å²) in [6, 6.07) is 6.90. The first-order valence-electron chi connectivity index (χ1n) is 4.15. The van der Waals surface area contributed by atoms with Gasteiger partial charge in [-0.2, -0.15) is 0 Å². The van der Waals surface area contributed by atoms with Crippen LogP contribution in [-0.2, 0) is 14.3 Å². The van der Waals surface area contributed by atoms with Gasteiger partial charge >= 0.3 is 5.97 Å². The van der Waals surface area contributed by atoms with Gasteiger partial charge in [0.15, 0.2) is 6.10 Å². The fraction of sp³-hybridized carbons (Fsp3) is 0.300. The number of nitrogens with two attached hydrogens (primary N) is 1. The van der Waals surface area contributed by atoms with Gasteiger partial charge in [-0.1, -0.05) is 12.1 Å². The maximum atomic E-state index is 11.2. The van der Waals surface area contributed by atoms with Crippen molar-refractivity contribution in [1.29, 1.82) is 0 Å². The molecule has 0 bridgehead atoms. The summed E-state index contributed by atoms with van der Waals surface area (Å²) in [5, 5.41) is 0. The maximum Gasteiger partial charge on any atom is 0.339 e. The molecule has 0 amide bonds. The lowest BCUT2D eigenvalue weighted by Crippen LogP contribution is -2.15. The number of esters is 1. The molecule has 1 aromatic carbocycles. The summed E-state index contributed by atoms with van der Waals surface area (Å²) < 4.78 is 9.61. The third-order valence-electron chi connectivity index (χ3n) is 1.89. The first-order chi connectivity index (χ1) is 6.69. The fourth-order valence-electron chi connectivity index (χ4n) is 1.15. The summed E-state index contributed by atoms with van der Waals surface area (Å²) in [4.78, 5) is 11.2. The molecule has 76 valence electrons. The second-order valence-electron chi connectivity index (χ2n) is 2.81. The smallest absolute Gasteiger partial charge is 0.339 e. The molecule has 0 aliphatic heterocycles. The minimum Gasteiger partial charge on any atom is -0.467 e. The summed E-state index contributed by atoms with van der Waals surface area (Å²) in [7, 11) is 2.78. The van der Waals surface area contributed by atoms with Crippen molar-refractivity contribution in [2.24, 2.45) is 0 Å². The lowest BCUT2D eigenvalue weighted by Gasteiger charge is -2.12. The highest BCUT2D eigenvalue weighted by atomic mass is 16.6. The van der Waals surface area contributed by atoms with Crippen LogP contribution >= 0.6 is 0 Å². The molecule has 1 aromatic rings. The van der Waals surface area contributed by atoms with Gasteiger partial charge < -0.3 is 15.2 Å². The highest BCUT2D eigenvalue weighted by molar-refractivity contribution is 5.76. The van der Waals surface area contributed by atoms with E-state index in [1.807, 2.05) is 0 Å². The highest BCUT2D eigenvalue weighted by Gasteiger charge is 2.20. The van der Waals surface area contributed by atoms with Crippen molar-refractivity contribution in [3.05, 3.63) is 29.8 Å². The number of rotatable bonds is 3. The van der Waals surface area contributed by atoms with E-state index in [1.165, 1.54) is 14.2 Å². The second-order valence-corrected chi connectivity index (χ2v) is 2.81. The molecular weight excluding hydrogens is 182 g/mol. The number of carbonyl (C=O) groups excluding carboxylic acids is 1. The predicted molar refractivity (Wildman–Crippen MR) is 52.6 cm³/mol. The van der Waals surface area contributed by atoms with E-state index < -0.39 is 12.1 Å². The number of anilines is 1. The Morgan fingerprint density at radius 1 is 1.29 bits per heavy atom. The minimum atomic E-state index is -0.680. The van der Waals surface area contributed by atoms with E-state index in [0.29, 0.717) is 5.69 Å². The van der Waals surface area contributed by atoms with Gasteiger partial charge in [-0.3, -0.25) is 0 Å². The number of nitrogen functional groups attached to an aromatic ring is 1. The zero-order chi connectivity index (χ0) is 10.6. The van der Waals surface area contributed by atoms with Crippen LogP contribution in [0.25, 0.3) is 0 Å². The Labute approximate surface area is 82.6 Å². The molecule has 0 saturated carbocycles. The maximum absolute atomic E-state index is 11.2. The zero-order valence-corrected chi connectivity index (χ0v) is 8.19. The van der Waals surface area contributed by atoms with Crippen LogP contribution in [0.5, 0.6) is 0 Å². The Kier molecular flexibility index (Phi) is 3.48. The molecule has 4 heteroatoms. The number of carbonyl (C=O) groups is 1. The molecule has 1 atom stereocenters. The lowest BCUT2D eigenvalue weighted by atomic mass is 10.1. The monoisotopic (exact) mass is 195 g/mol. The van der Waals surface area contributed by atoms with Crippen molar-refractivity contribution in [3.63, 3.8) is 0 Å². The van der Waals surface area contributed by atoms with Crippen molar-refractivity contribution in [3.8, 4) is 0 Å². The molecule has 0 spiro atoms. The first-order valence-corrected chi connectivity index (χ1v) is 4.15. The van der Waals surface area contributed by atoms with Crippen LogP contribution in [0.4, 0.5) is 5.69 Å². The van der Waals surface area contributed by atoms with Crippen LogP contribution in [0.15, 0.2) is 24.3 Å². The summed E-state index contributed by atoms with van der Waals surface area (Å²) in [5.41, 5.74) is 6.90. The Bertz CT molecular complexity index is 308. The quantitative estimate of drug-likeness (QED) is 0.580. The van der Waals surface area contributed by atoms with E-state index in [0.717, 1.165) is 5.56 Å². The first kappa shape index (κ1) is 10.5. The zero-order valence-electron chi connectivity index (χ0n) is 8.19. The van der Waals surface area contributed by atoms with Crippen LogP contribution < -0.4 is 5.73 Å². The highest BCUT2D eigenvalue weighted by Crippen LogP contribution is 2.19. The third kappa shape index (κ3) is 2.23. The molecule has 14 heavy (non-hydrogen) atoms. The molecule has 0 aromatic heterocycles. The largest absolute Gasteiger partial charge is 0.467 e. The number of hydrogen-bond acceptors (Lipinski definition) is 4. The number of methoxy groups -OCH3 is 2. The van der Waals surface area contributed by atoms with E-state index in [-0.39, 0.29) is 0 Å². The molecule has 1 unspecified atom stereocenters. The van der Waals surface area contributed by atoms with E-state index in [1.54, 1.807) is 24.3 Å². The predicted octanol–water partition coefficient (Wildman–Crippen LogP) is 1.13. The molecule has 2 N–H and O–H groups in total. The lowest BCUT2D eigenvalue weighted by molar-refractivity contribution is -0.152. The Hall–Kier alpha value is -1.55. The molecular formula is C10H13NO3. The Balaban J connectivity index is 2.89. The van der Waals surface area contributed by atoms with Crippen molar-refractivity contribution < 1.29 is 14.3 Å². The van der Waals surface area contributed by atoms with Gasteiger partial charge in [0.1, 0.15) is 0 Å². The van der Waals surface area contributed by atoms with E-state index in [2.05, 4.69) is 4.74 Å². The minimum absolute atomic E-state index is 0.419. The van der Waals surface area contributed by atoms with Gasteiger partial charge in [-0.25, -0.2) is 4.79 Å². The Morgan fingerprint density at radius 2 is 1.86 bits per heavy atom. The summed E-state index contributed by atoms with van der Waals surface area (Å²) in [6.45, 7) is 0. The summed E-state index contributed by atoms with van der Waals surface area (Å²) >= 11 is 0. The van der Waals surface area contributed by atoms with Gasteiger partial charge in [0.05, 0.1) is 7.11 Å². The molecule has 0 radical (unpaired) electrons. The Morgan fingerprint density at radius 3 is 2.29 bits per heavy atom. The summed E-state index contributed by atoms with van der Waals surface area (Å²) in [6.07, 6.45) is -0.680. The van der Waals surface area contributed by atoms with Crippen molar-refractivity contribution in [2.75, 3.05) is 20.0 Å². The van der Waals surface area contributed by atoms with E-state index >= 15 is 0 Å². The van der Waals surface area contributed by atoms with Gasteiger partial charge in [-0.05, 0) is 17.7 Å². The topological polar surface area (TPSA) is 61.5 Å². The fourth-order valence-corrected chi connectivity index (χ4v) is 1.15. The van der Waals surface area contributed by atoms with Crippen LogP contribution in [-0.4, -0.2) is 20.2 Å². The normalized spacial score (nSPS) is 12.1. The summed E-state index contributed by atoms with van der Waals surface area (Å²) in [5.74, 6) is -0.419. The average Bonchev–Trinajstić information content (AvgIpc) is 2.21. The van der Waals surface area contributed by atoms with Gasteiger partial charge in [-0.15, -0.1) is 0 Å². The van der Waals surface area contributed by atoms with Crippen LogP contribution in [0.3, 0.4) is 0 Å². The second kappa shape index (κ2) is 4.62. The van der Waals surface area contributed by atoms with Gasteiger partial charge in [0.25, 0.3) is 0 Å². The van der Waals surface area contributed by atoms with E-state index in [9.17, 15) is 4.79 Å². The van der Waals surface area contributed by atoms with Crippen LogP contribution in [0, 0.1) is 0 Å². The molecule has 0 aliphatic carbocycles. The molecule has 0 saturated heterocycles. The van der Waals surface area contributed by atoms with Crippen LogP contribution in [0.2, 0.25) is 0 Å². The van der Waals surface area contributed by atoms with Gasteiger partial charge in [0, 0.05) is 12.8 Å². The number of hydrogen-bond donors (Lipinski definition) is 1. The third-order valence-corrected chi connectivity index (χ3v) is 1.89. The van der Waals surface area contributed by atoms with Gasteiger partial charge in [0.2, 0.25) is 0 Å². The van der Waals surface area contributed by atoms with Crippen molar-refractivity contribution in [1.82, 2.24) is 0 Å². The SMILES string of the molecule is COC(=O)C(OC)c1ccc(N)cc1.